The monoisotopic (exact) mass is 396 g/mol. The third-order valence-corrected chi connectivity index (χ3v) is 5.00. The molecule has 0 bridgehead atoms. The van der Waals surface area contributed by atoms with E-state index < -0.39 is 0 Å². The molecule has 0 aliphatic carbocycles. The van der Waals surface area contributed by atoms with Crippen molar-refractivity contribution in [1.29, 1.82) is 0 Å². The molecule has 1 fully saturated rings. The summed E-state index contributed by atoms with van der Waals surface area (Å²) < 4.78 is 6.05. The third kappa shape index (κ3) is 4.57. The maximum absolute atomic E-state index is 12.5. The van der Waals surface area contributed by atoms with Gasteiger partial charge in [-0.3, -0.25) is 9.59 Å². The topological polar surface area (TPSA) is 72.6 Å². The number of nitrogens with two attached hydrogens (primary N) is 1. The Balaban J connectivity index is 2.00. The Morgan fingerprint density at radius 2 is 2.12 bits per heavy atom. The smallest absolute Gasteiger partial charge is 0.223 e. The largest absolute Gasteiger partial charge is 0.496 e. The van der Waals surface area contributed by atoms with E-state index in [0.717, 1.165) is 30.3 Å². The number of methoxy groups -OCH3 is 1. The van der Waals surface area contributed by atoms with Crippen LogP contribution in [0.15, 0.2) is 22.7 Å². The van der Waals surface area contributed by atoms with E-state index in [-0.39, 0.29) is 36.6 Å². The molecule has 2 rings (SSSR count). The van der Waals surface area contributed by atoms with Gasteiger partial charge in [-0.05, 0) is 44.4 Å². The zero-order valence-corrected chi connectivity index (χ0v) is 15.8. The number of amides is 1. The van der Waals surface area contributed by atoms with Gasteiger partial charge >= 0.3 is 0 Å². The Kier molecular flexibility index (Phi) is 6.80. The summed E-state index contributed by atoms with van der Waals surface area (Å²) in [5, 5.41) is 0. The number of rotatable bonds is 6. The molecule has 0 radical (unpaired) electrons. The molecule has 1 aromatic rings. The van der Waals surface area contributed by atoms with Crippen molar-refractivity contribution in [3.05, 3.63) is 28.2 Å². The lowest BCUT2D eigenvalue weighted by Crippen LogP contribution is -2.51. The minimum atomic E-state index is -0.0872. The van der Waals surface area contributed by atoms with Crippen molar-refractivity contribution in [2.24, 2.45) is 5.73 Å². The lowest BCUT2D eigenvalue weighted by Gasteiger charge is -2.38. The van der Waals surface area contributed by atoms with Crippen LogP contribution in [0.3, 0.4) is 0 Å². The molecular weight excluding hydrogens is 372 g/mol. The predicted octanol–water partition coefficient (Wildman–Crippen LogP) is 3.15. The molecule has 2 N–H and O–H groups in total. The minimum absolute atomic E-state index is 0.0133. The van der Waals surface area contributed by atoms with Gasteiger partial charge < -0.3 is 15.4 Å². The highest BCUT2D eigenvalue weighted by molar-refractivity contribution is 9.10. The molecule has 6 heteroatoms. The van der Waals surface area contributed by atoms with E-state index in [1.807, 2.05) is 17.9 Å². The maximum atomic E-state index is 12.5. The van der Waals surface area contributed by atoms with Gasteiger partial charge in [-0.25, -0.2) is 0 Å². The van der Waals surface area contributed by atoms with Crippen LogP contribution in [0.25, 0.3) is 0 Å². The number of Topliss-reactive ketones (excluding diaryl/α,β-unsaturated/α-hetero) is 1. The fourth-order valence-electron chi connectivity index (χ4n) is 3.21. The molecule has 1 aromatic carbocycles. The number of carbonyl (C=O) groups excluding carboxylic acids is 2. The van der Waals surface area contributed by atoms with Crippen LogP contribution in [-0.2, 0) is 4.79 Å². The molecule has 2 atom stereocenters. The van der Waals surface area contributed by atoms with Crippen LogP contribution in [0.1, 0.15) is 49.4 Å². The molecular formula is C18H25BrN2O3. The van der Waals surface area contributed by atoms with E-state index in [4.69, 9.17) is 10.5 Å². The number of halogens is 1. The highest BCUT2D eigenvalue weighted by atomic mass is 79.9. The van der Waals surface area contributed by atoms with Crippen LogP contribution in [0.5, 0.6) is 5.75 Å². The molecule has 1 amide bonds. The van der Waals surface area contributed by atoms with E-state index in [1.165, 1.54) is 7.11 Å². The number of piperidine rings is 1. The molecule has 0 spiro atoms. The number of benzene rings is 1. The number of likely N-dealkylation sites (tertiary alicyclic amines) is 1. The van der Waals surface area contributed by atoms with Gasteiger partial charge in [-0.2, -0.15) is 0 Å². The van der Waals surface area contributed by atoms with Crippen molar-refractivity contribution >= 4 is 27.6 Å². The summed E-state index contributed by atoms with van der Waals surface area (Å²) in [4.78, 5) is 26.9. The van der Waals surface area contributed by atoms with Crippen LogP contribution < -0.4 is 10.5 Å². The van der Waals surface area contributed by atoms with E-state index in [2.05, 4.69) is 15.9 Å². The van der Waals surface area contributed by atoms with Gasteiger partial charge in [0, 0.05) is 35.9 Å². The molecule has 0 saturated carbocycles. The van der Waals surface area contributed by atoms with Crippen LogP contribution >= 0.6 is 15.9 Å². The third-order valence-electron chi connectivity index (χ3n) is 4.50. The maximum Gasteiger partial charge on any atom is 0.223 e. The normalized spacial score (nSPS) is 19.0. The van der Waals surface area contributed by atoms with Crippen LogP contribution in [0.4, 0.5) is 0 Å². The van der Waals surface area contributed by atoms with Crippen molar-refractivity contribution in [1.82, 2.24) is 4.90 Å². The summed E-state index contributed by atoms with van der Waals surface area (Å²) in [5.74, 6) is 0.456. The Morgan fingerprint density at radius 1 is 1.38 bits per heavy atom. The van der Waals surface area contributed by atoms with Crippen molar-refractivity contribution < 1.29 is 14.3 Å². The van der Waals surface area contributed by atoms with Gasteiger partial charge in [0.15, 0.2) is 5.78 Å². The molecule has 0 aromatic heterocycles. The number of nitrogens with zero attached hydrogens (tertiary/aromatic N) is 1. The summed E-state index contributed by atoms with van der Waals surface area (Å²) in [6.07, 6.45) is 3.43. The summed E-state index contributed by atoms with van der Waals surface area (Å²) in [6.45, 7) is 2.67. The lowest BCUT2D eigenvalue weighted by molar-refractivity contribution is -0.135. The number of hydrogen-bond donors (Lipinski definition) is 1. The van der Waals surface area contributed by atoms with Gasteiger partial charge in [0.25, 0.3) is 0 Å². The highest BCUT2D eigenvalue weighted by Crippen LogP contribution is 2.25. The van der Waals surface area contributed by atoms with E-state index in [0.29, 0.717) is 11.3 Å². The highest BCUT2D eigenvalue weighted by Gasteiger charge is 2.29. The number of hydrogen-bond acceptors (Lipinski definition) is 4. The first-order valence-corrected chi connectivity index (χ1v) is 9.15. The minimum Gasteiger partial charge on any atom is -0.496 e. The second-order valence-corrected chi connectivity index (χ2v) is 7.19. The SMILES string of the molecule is COc1ccc(Br)cc1C(=O)CCC(=O)N1CCCCC1C(C)N. The Morgan fingerprint density at radius 3 is 2.79 bits per heavy atom. The van der Waals surface area contributed by atoms with E-state index in [1.54, 1.807) is 12.1 Å². The summed E-state index contributed by atoms with van der Waals surface area (Å²) in [7, 11) is 1.53. The second kappa shape index (κ2) is 8.62. The zero-order chi connectivity index (χ0) is 17.7. The van der Waals surface area contributed by atoms with Crippen molar-refractivity contribution in [2.75, 3.05) is 13.7 Å². The molecule has 1 saturated heterocycles. The average Bonchev–Trinajstić information content (AvgIpc) is 2.59. The number of ketones is 1. The van der Waals surface area contributed by atoms with Crippen molar-refractivity contribution in [3.63, 3.8) is 0 Å². The van der Waals surface area contributed by atoms with Gasteiger partial charge in [-0.15, -0.1) is 0 Å². The van der Waals surface area contributed by atoms with Crippen molar-refractivity contribution in [2.45, 2.75) is 51.1 Å². The van der Waals surface area contributed by atoms with E-state index in [9.17, 15) is 9.59 Å². The Labute approximate surface area is 151 Å². The van der Waals surface area contributed by atoms with Gasteiger partial charge in [-0.1, -0.05) is 15.9 Å². The quantitative estimate of drug-likeness (QED) is 0.749. The first-order valence-electron chi connectivity index (χ1n) is 8.36. The molecule has 1 heterocycles. The van der Waals surface area contributed by atoms with Crippen LogP contribution in [0.2, 0.25) is 0 Å². The van der Waals surface area contributed by atoms with Crippen LogP contribution in [-0.4, -0.2) is 42.3 Å². The summed E-state index contributed by atoms with van der Waals surface area (Å²) >= 11 is 3.36. The fourth-order valence-corrected chi connectivity index (χ4v) is 3.57. The molecule has 5 nitrogen and oxygen atoms in total. The van der Waals surface area contributed by atoms with Gasteiger partial charge in [0.2, 0.25) is 5.91 Å². The number of carbonyl (C=O) groups is 2. The first kappa shape index (κ1) is 18.9. The summed E-state index contributed by atoms with van der Waals surface area (Å²) in [6, 6.07) is 5.34. The van der Waals surface area contributed by atoms with E-state index >= 15 is 0 Å². The van der Waals surface area contributed by atoms with Crippen LogP contribution in [0, 0.1) is 0 Å². The average molecular weight is 397 g/mol. The molecule has 1 aliphatic rings. The molecule has 132 valence electrons. The standard InChI is InChI=1S/C18H25BrN2O3/c1-12(20)15-5-3-4-10-21(15)18(23)9-7-16(22)14-11-13(19)6-8-17(14)24-2/h6,8,11-12,15H,3-5,7,9-10,20H2,1-2H3. The molecule has 2 unspecified atom stereocenters. The molecule has 1 aliphatic heterocycles. The fraction of sp³-hybridized carbons (Fsp3) is 0.556. The Hall–Kier alpha value is -1.40. The van der Waals surface area contributed by atoms with Crippen molar-refractivity contribution in [3.8, 4) is 5.75 Å². The van der Waals surface area contributed by atoms with Gasteiger partial charge in [0.05, 0.1) is 12.7 Å². The van der Waals surface area contributed by atoms with Gasteiger partial charge in [0.1, 0.15) is 5.75 Å². The lowest BCUT2D eigenvalue weighted by atomic mass is 9.96. The Bertz CT molecular complexity index is 604. The zero-order valence-electron chi connectivity index (χ0n) is 14.3. The predicted molar refractivity (Wildman–Crippen MR) is 97.3 cm³/mol. The number of ether oxygens (including phenoxy) is 1. The summed E-state index contributed by atoms with van der Waals surface area (Å²) in [5.41, 5.74) is 6.52. The molecule has 24 heavy (non-hydrogen) atoms. The second-order valence-electron chi connectivity index (χ2n) is 6.28. The first-order chi connectivity index (χ1) is 11.4.